The van der Waals surface area contributed by atoms with Crippen molar-refractivity contribution in [3.63, 3.8) is 0 Å². The number of sulfonamides is 1. The second kappa shape index (κ2) is 17.3. The Kier molecular flexibility index (Phi) is 13.5. The number of hydrogen-bond acceptors (Lipinski definition) is 9. The van der Waals surface area contributed by atoms with Crippen LogP contribution in [0.2, 0.25) is 0 Å². The summed E-state index contributed by atoms with van der Waals surface area (Å²) in [7, 11) is -2.21. The number of nitrogens with one attached hydrogen (secondary N) is 3. The third-order valence-electron chi connectivity index (χ3n) is 10.5. The van der Waals surface area contributed by atoms with E-state index in [0.717, 1.165) is 41.0 Å². The van der Waals surface area contributed by atoms with Crippen LogP contribution in [0.25, 0.3) is 0 Å². The Hall–Kier alpha value is -4.51. The lowest BCUT2D eigenvalue weighted by Gasteiger charge is -2.36. The van der Waals surface area contributed by atoms with E-state index in [4.69, 9.17) is 10.5 Å². The van der Waals surface area contributed by atoms with Crippen molar-refractivity contribution >= 4 is 45.7 Å². The number of benzene rings is 1. The summed E-state index contributed by atoms with van der Waals surface area (Å²) in [6.07, 6.45) is 2.90. The highest BCUT2D eigenvalue weighted by atomic mass is 32.2. The summed E-state index contributed by atoms with van der Waals surface area (Å²) in [6.45, 7) is 11.1. The molecule has 3 aliphatic rings. The van der Waals surface area contributed by atoms with Crippen LogP contribution in [0.15, 0.2) is 36.4 Å². The van der Waals surface area contributed by atoms with Crippen LogP contribution in [-0.4, -0.2) is 121 Å². The molecule has 1 saturated heterocycles. The van der Waals surface area contributed by atoms with Crippen molar-refractivity contribution in [1.82, 2.24) is 30.1 Å². The van der Waals surface area contributed by atoms with Crippen molar-refractivity contribution in [2.75, 3.05) is 32.9 Å². The minimum Gasteiger partial charge on any atom is -0.444 e. The number of ether oxygens (including phenoxy) is 1. The SMILES string of the molecule is C=C(C)[C@@H](CN(C)S(C)(=O)=O)NC(=O)N[C@H](C(=O)N1C[C@H](OC(=O)N2CCc3ccccc3C2)C[C@H]1C(=O)NC(CC1CCC1)C(=O)C(N)=O)C(C)(C)C. The van der Waals surface area contributed by atoms with Gasteiger partial charge in [0.1, 0.15) is 18.2 Å². The van der Waals surface area contributed by atoms with E-state index < -0.39 is 81.3 Å². The third-order valence-corrected chi connectivity index (χ3v) is 11.8. The number of nitrogens with two attached hydrogens (primary N) is 1. The highest BCUT2D eigenvalue weighted by Gasteiger charge is 2.47. The lowest BCUT2D eigenvalue weighted by Crippen LogP contribution is -2.61. The Balaban J connectivity index is 1.57. The van der Waals surface area contributed by atoms with Gasteiger partial charge in [-0.05, 0) is 42.2 Å². The monoisotopic (exact) mass is 773 g/mol. The van der Waals surface area contributed by atoms with Crippen molar-refractivity contribution in [2.24, 2.45) is 17.1 Å². The van der Waals surface area contributed by atoms with Crippen molar-refractivity contribution in [3.05, 3.63) is 47.5 Å². The predicted molar refractivity (Wildman–Crippen MR) is 200 cm³/mol. The van der Waals surface area contributed by atoms with Gasteiger partial charge in [0.25, 0.3) is 5.91 Å². The maximum atomic E-state index is 14.5. The Labute approximate surface area is 317 Å². The molecule has 0 spiro atoms. The summed E-state index contributed by atoms with van der Waals surface area (Å²) in [4.78, 5) is 83.0. The Morgan fingerprint density at radius 3 is 2.24 bits per heavy atom. The number of primary amides is 1. The normalized spacial score (nSPS) is 20.5. The summed E-state index contributed by atoms with van der Waals surface area (Å²) in [5.74, 6) is -3.39. The molecule has 1 unspecified atom stereocenters. The number of carbonyl (C=O) groups is 6. The average Bonchev–Trinajstić information content (AvgIpc) is 3.49. The van der Waals surface area contributed by atoms with E-state index in [1.54, 1.807) is 32.6 Å². The average molecular weight is 774 g/mol. The maximum Gasteiger partial charge on any atom is 0.410 e. The zero-order chi connectivity index (χ0) is 40.1. The molecule has 1 aliphatic carbocycles. The quantitative estimate of drug-likeness (QED) is 0.159. The molecule has 0 radical (unpaired) electrons. The number of amides is 6. The van der Waals surface area contributed by atoms with E-state index in [2.05, 4.69) is 22.5 Å². The minimum absolute atomic E-state index is 0.104. The summed E-state index contributed by atoms with van der Waals surface area (Å²) in [6, 6.07) is 2.55. The van der Waals surface area contributed by atoms with E-state index in [0.29, 0.717) is 25.1 Å². The van der Waals surface area contributed by atoms with E-state index in [1.165, 1.54) is 11.9 Å². The lowest BCUT2D eigenvalue weighted by molar-refractivity contribution is -0.143. The first-order valence-corrected chi connectivity index (χ1v) is 20.1. The van der Waals surface area contributed by atoms with Crippen LogP contribution >= 0.6 is 0 Å². The van der Waals surface area contributed by atoms with Gasteiger partial charge in [-0.15, -0.1) is 0 Å². The van der Waals surface area contributed by atoms with Gasteiger partial charge in [-0.25, -0.2) is 22.3 Å². The molecular formula is C37H55N7O9S. The third kappa shape index (κ3) is 10.8. The van der Waals surface area contributed by atoms with Crippen LogP contribution < -0.4 is 21.7 Å². The number of urea groups is 1. The van der Waals surface area contributed by atoms with Crippen LogP contribution in [-0.2, 0) is 46.9 Å². The molecule has 4 rings (SSSR count). The number of carbonyl (C=O) groups excluding carboxylic acids is 6. The number of likely N-dealkylation sites (N-methyl/N-ethyl adjacent to an activating group) is 1. The molecular weight excluding hydrogens is 719 g/mol. The number of hydrogen-bond donors (Lipinski definition) is 4. The fourth-order valence-corrected chi connectivity index (χ4v) is 7.26. The van der Waals surface area contributed by atoms with Gasteiger partial charge in [0, 0.05) is 33.1 Å². The Morgan fingerprint density at radius 2 is 1.69 bits per heavy atom. The topological polar surface area (TPSA) is 218 Å². The molecule has 1 aromatic carbocycles. The maximum absolute atomic E-state index is 14.5. The summed E-state index contributed by atoms with van der Waals surface area (Å²) in [5.41, 5.74) is 7.03. The number of fused-ring (bicyclic) bond motifs is 1. The smallest absolute Gasteiger partial charge is 0.410 e. The molecule has 5 N–H and O–H groups in total. The van der Waals surface area contributed by atoms with Crippen LogP contribution in [0, 0.1) is 11.3 Å². The first kappa shape index (κ1) is 42.2. The first-order chi connectivity index (χ1) is 25.1. The zero-order valence-electron chi connectivity index (χ0n) is 32.1. The fourth-order valence-electron chi connectivity index (χ4n) is 6.84. The van der Waals surface area contributed by atoms with E-state index >= 15 is 0 Å². The number of nitrogens with zero attached hydrogens (tertiary/aromatic N) is 3. The van der Waals surface area contributed by atoms with Crippen molar-refractivity contribution < 1.29 is 41.9 Å². The molecule has 54 heavy (non-hydrogen) atoms. The number of rotatable bonds is 14. The lowest BCUT2D eigenvalue weighted by atomic mass is 9.80. The van der Waals surface area contributed by atoms with Crippen LogP contribution in [0.4, 0.5) is 9.59 Å². The molecule has 2 aliphatic heterocycles. The van der Waals surface area contributed by atoms with Gasteiger partial charge in [-0.1, -0.05) is 76.5 Å². The van der Waals surface area contributed by atoms with Gasteiger partial charge < -0.3 is 36.2 Å². The van der Waals surface area contributed by atoms with Crippen molar-refractivity contribution in [3.8, 4) is 0 Å². The predicted octanol–water partition coefficient (Wildman–Crippen LogP) is 1.43. The Bertz CT molecular complexity index is 1740. The molecule has 6 amide bonds. The van der Waals surface area contributed by atoms with Crippen LogP contribution in [0.3, 0.4) is 0 Å². The first-order valence-electron chi connectivity index (χ1n) is 18.3. The molecule has 5 atom stereocenters. The molecule has 0 aromatic heterocycles. The highest BCUT2D eigenvalue weighted by Crippen LogP contribution is 2.32. The molecule has 2 heterocycles. The molecule has 1 saturated carbocycles. The van der Waals surface area contributed by atoms with E-state index in [9.17, 15) is 37.2 Å². The van der Waals surface area contributed by atoms with Crippen molar-refractivity contribution in [2.45, 2.75) is 103 Å². The van der Waals surface area contributed by atoms with Gasteiger partial charge >= 0.3 is 12.1 Å². The number of likely N-dealkylation sites (tertiary alicyclic amines) is 1. The molecule has 2 fully saturated rings. The molecule has 16 nitrogen and oxygen atoms in total. The van der Waals surface area contributed by atoms with Crippen LogP contribution in [0.1, 0.15) is 70.9 Å². The zero-order valence-corrected chi connectivity index (χ0v) is 32.9. The van der Waals surface area contributed by atoms with Gasteiger partial charge in [-0.2, -0.15) is 0 Å². The largest absolute Gasteiger partial charge is 0.444 e. The second-order valence-corrected chi connectivity index (χ2v) is 18.0. The van der Waals surface area contributed by atoms with Gasteiger partial charge in [0.2, 0.25) is 27.6 Å². The summed E-state index contributed by atoms with van der Waals surface area (Å²) >= 11 is 0. The standard InChI is InChI=1S/C37H55N7O9S/c1-22(2)28(21-42(6)54(7,51)52)40-35(49)41-31(37(3,4)5)34(48)44-20-26(53-36(50)43-16-15-24-13-8-9-14-25(24)19-43)18-29(44)33(47)39-27(30(45)32(38)46)17-23-11-10-12-23/h8-9,13-14,23,26-29,31H,1,10-12,15-21H2,2-7H3,(H2,38,46)(H,39,47)(H2,40,41,49)/t26-,27?,28-,29+,31-/m1/s1. The number of ketones is 1. The van der Waals surface area contributed by atoms with Gasteiger partial charge in [-0.3, -0.25) is 19.2 Å². The fraction of sp³-hybridized carbons (Fsp3) is 0.622. The summed E-state index contributed by atoms with van der Waals surface area (Å²) < 4.78 is 31.1. The minimum atomic E-state index is -3.57. The Morgan fingerprint density at radius 1 is 1.04 bits per heavy atom. The molecule has 1 aromatic rings. The highest BCUT2D eigenvalue weighted by molar-refractivity contribution is 7.88. The number of Topliss-reactive ketones (excluding diaryl/α,β-unsaturated/α-hetero) is 1. The van der Waals surface area contributed by atoms with Crippen LogP contribution in [0.5, 0.6) is 0 Å². The van der Waals surface area contributed by atoms with E-state index in [1.807, 2.05) is 24.3 Å². The second-order valence-electron chi connectivity index (χ2n) is 15.9. The molecule has 0 bridgehead atoms. The van der Waals surface area contributed by atoms with Gasteiger partial charge in [0.15, 0.2) is 0 Å². The molecule has 17 heteroatoms. The summed E-state index contributed by atoms with van der Waals surface area (Å²) in [5, 5.41) is 8.07. The van der Waals surface area contributed by atoms with Crippen molar-refractivity contribution in [1.29, 1.82) is 0 Å². The van der Waals surface area contributed by atoms with E-state index in [-0.39, 0.29) is 31.8 Å². The molecule has 298 valence electrons. The van der Waals surface area contributed by atoms with Gasteiger partial charge in [0.05, 0.1) is 24.9 Å².